The van der Waals surface area contributed by atoms with Gasteiger partial charge in [0, 0.05) is 12.8 Å². The number of hydrogen-bond acceptors (Lipinski definition) is 6. The van der Waals surface area contributed by atoms with E-state index in [1.807, 2.05) is 0 Å². The number of aromatic hydroxyl groups is 1. The number of phenolic OH excluding ortho intramolecular Hbond substituents is 1. The maximum Gasteiger partial charge on any atom is 0.240 e. The molecule has 0 heterocycles. The molecule has 9 heteroatoms. The van der Waals surface area contributed by atoms with Crippen molar-refractivity contribution in [2.75, 3.05) is 19.5 Å². The molecule has 0 unspecified atom stereocenters. The SMILES string of the molecule is COc1ccccc1NC(=O)CCC(=O)NN=Cc1cc(O)c(OC)c(Br)c1. The summed E-state index contributed by atoms with van der Waals surface area (Å²) in [6, 6.07) is 10.1. The van der Waals surface area contributed by atoms with Crippen LogP contribution in [0.1, 0.15) is 18.4 Å². The monoisotopic (exact) mass is 449 g/mol. The molecule has 0 radical (unpaired) electrons. The molecule has 0 saturated carbocycles. The summed E-state index contributed by atoms with van der Waals surface area (Å²) in [4.78, 5) is 23.8. The minimum Gasteiger partial charge on any atom is -0.504 e. The zero-order chi connectivity index (χ0) is 20.5. The van der Waals surface area contributed by atoms with Crippen molar-refractivity contribution >= 4 is 39.6 Å². The van der Waals surface area contributed by atoms with E-state index in [-0.39, 0.29) is 24.5 Å². The van der Waals surface area contributed by atoms with Crippen LogP contribution in [-0.2, 0) is 9.59 Å². The molecule has 3 N–H and O–H groups in total. The van der Waals surface area contributed by atoms with Gasteiger partial charge < -0.3 is 19.9 Å². The average Bonchev–Trinajstić information content (AvgIpc) is 2.66. The first-order valence-electron chi connectivity index (χ1n) is 8.26. The second-order valence-electron chi connectivity index (χ2n) is 5.60. The molecule has 8 nitrogen and oxygen atoms in total. The van der Waals surface area contributed by atoms with Crippen molar-refractivity contribution in [1.29, 1.82) is 0 Å². The third-order valence-electron chi connectivity index (χ3n) is 3.61. The zero-order valence-electron chi connectivity index (χ0n) is 15.4. The van der Waals surface area contributed by atoms with E-state index in [9.17, 15) is 14.7 Å². The number of phenols is 1. The van der Waals surface area contributed by atoms with Gasteiger partial charge >= 0.3 is 0 Å². The van der Waals surface area contributed by atoms with Crippen LogP contribution in [0.2, 0.25) is 0 Å². The summed E-state index contributed by atoms with van der Waals surface area (Å²) in [6.07, 6.45) is 1.33. The van der Waals surface area contributed by atoms with E-state index in [4.69, 9.17) is 9.47 Å². The molecule has 0 saturated heterocycles. The maximum absolute atomic E-state index is 12.0. The summed E-state index contributed by atoms with van der Waals surface area (Å²) < 4.78 is 10.7. The molecule has 0 spiro atoms. The quantitative estimate of drug-likeness (QED) is 0.423. The van der Waals surface area contributed by atoms with Gasteiger partial charge in [-0.25, -0.2) is 5.43 Å². The number of halogens is 1. The molecule has 0 fully saturated rings. The summed E-state index contributed by atoms with van der Waals surface area (Å²) in [5.41, 5.74) is 3.43. The Hall–Kier alpha value is -3.07. The Morgan fingerprint density at radius 3 is 2.54 bits per heavy atom. The lowest BCUT2D eigenvalue weighted by molar-refractivity contribution is -0.124. The number of anilines is 1. The van der Waals surface area contributed by atoms with E-state index in [1.165, 1.54) is 26.5 Å². The molecule has 2 aromatic rings. The molecular formula is C19H20BrN3O5. The number of rotatable bonds is 8. The molecule has 0 aliphatic heterocycles. The standard InChI is InChI=1S/C19H20BrN3O5/c1-27-16-6-4-3-5-14(16)22-17(25)7-8-18(26)23-21-11-12-9-13(20)19(28-2)15(24)10-12/h3-6,9-11,24H,7-8H2,1-2H3,(H,22,25)(H,23,26). The topological polar surface area (TPSA) is 109 Å². The number of nitrogens with one attached hydrogen (secondary N) is 2. The van der Waals surface area contributed by atoms with Gasteiger partial charge in [-0.3, -0.25) is 9.59 Å². The Kier molecular flexibility index (Phi) is 7.82. The first kappa shape index (κ1) is 21.2. The predicted molar refractivity (Wildman–Crippen MR) is 109 cm³/mol. The van der Waals surface area contributed by atoms with E-state index in [0.717, 1.165) is 0 Å². The number of carbonyl (C=O) groups is 2. The van der Waals surface area contributed by atoms with E-state index < -0.39 is 5.91 Å². The van der Waals surface area contributed by atoms with E-state index in [0.29, 0.717) is 27.2 Å². The fourth-order valence-corrected chi connectivity index (χ4v) is 2.93. The summed E-state index contributed by atoms with van der Waals surface area (Å²) in [7, 11) is 2.95. The normalized spacial score (nSPS) is 10.5. The highest BCUT2D eigenvalue weighted by atomic mass is 79.9. The summed E-state index contributed by atoms with van der Waals surface area (Å²) in [5, 5.41) is 16.3. The summed E-state index contributed by atoms with van der Waals surface area (Å²) in [5.74, 6) is 0.0644. The van der Waals surface area contributed by atoms with E-state index in [2.05, 4.69) is 31.8 Å². The van der Waals surface area contributed by atoms with Gasteiger partial charge in [-0.05, 0) is 45.8 Å². The first-order chi connectivity index (χ1) is 13.4. The number of amides is 2. The molecule has 2 rings (SSSR count). The third-order valence-corrected chi connectivity index (χ3v) is 4.20. The molecule has 0 atom stereocenters. The lowest BCUT2D eigenvalue weighted by Crippen LogP contribution is -2.20. The number of hydrazone groups is 1. The molecule has 2 amide bonds. The smallest absolute Gasteiger partial charge is 0.240 e. The van der Waals surface area contributed by atoms with Crippen molar-refractivity contribution < 1.29 is 24.2 Å². The van der Waals surface area contributed by atoms with Crippen LogP contribution in [0.4, 0.5) is 5.69 Å². The highest BCUT2D eigenvalue weighted by Gasteiger charge is 2.10. The van der Waals surface area contributed by atoms with Gasteiger partial charge in [0.15, 0.2) is 11.5 Å². The summed E-state index contributed by atoms with van der Waals surface area (Å²) in [6.45, 7) is 0. The largest absolute Gasteiger partial charge is 0.504 e. The van der Waals surface area contributed by atoms with Crippen molar-refractivity contribution in [3.8, 4) is 17.2 Å². The van der Waals surface area contributed by atoms with Crippen LogP contribution in [0, 0.1) is 0 Å². The molecule has 148 valence electrons. The predicted octanol–water partition coefficient (Wildman–Crippen LogP) is 3.04. The minimum atomic E-state index is -0.414. The number of ether oxygens (including phenoxy) is 2. The van der Waals surface area contributed by atoms with Crippen molar-refractivity contribution in [2.45, 2.75) is 12.8 Å². The van der Waals surface area contributed by atoms with Gasteiger partial charge in [0.25, 0.3) is 0 Å². The zero-order valence-corrected chi connectivity index (χ0v) is 16.9. The van der Waals surface area contributed by atoms with Crippen LogP contribution in [0.15, 0.2) is 46.0 Å². The summed E-state index contributed by atoms with van der Waals surface area (Å²) >= 11 is 3.27. The van der Waals surface area contributed by atoms with Crippen molar-refractivity contribution in [3.05, 3.63) is 46.4 Å². The number of para-hydroxylation sites is 2. The first-order valence-corrected chi connectivity index (χ1v) is 9.05. The second kappa shape index (κ2) is 10.3. The Balaban J connectivity index is 1.82. The van der Waals surface area contributed by atoms with Gasteiger partial charge in [-0.15, -0.1) is 0 Å². The average molecular weight is 450 g/mol. The third kappa shape index (κ3) is 5.98. The molecular weight excluding hydrogens is 430 g/mol. The molecule has 0 aliphatic carbocycles. The van der Waals surface area contributed by atoms with Gasteiger partial charge in [0.2, 0.25) is 11.8 Å². The van der Waals surface area contributed by atoms with Gasteiger partial charge in [0.05, 0.1) is 30.6 Å². The van der Waals surface area contributed by atoms with Crippen LogP contribution < -0.4 is 20.2 Å². The Morgan fingerprint density at radius 1 is 1.14 bits per heavy atom. The molecule has 0 aliphatic rings. The number of carbonyl (C=O) groups excluding carboxylic acids is 2. The lowest BCUT2D eigenvalue weighted by atomic mass is 10.2. The lowest BCUT2D eigenvalue weighted by Gasteiger charge is -2.09. The van der Waals surface area contributed by atoms with Crippen LogP contribution in [0.25, 0.3) is 0 Å². The molecule has 2 aromatic carbocycles. The molecule has 0 aromatic heterocycles. The van der Waals surface area contributed by atoms with Crippen LogP contribution in [-0.4, -0.2) is 37.4 Å². The highest BCUT2D eigenvalue weighted by molar-refractivity contribution is 9.10. The van der Waals surface area contributed by atoms with E-state index in [1.54, 1.807) is 30.3 Å². The number of benzene rings is 2. The number of methoxy groups -OCH3 is 2. The minimum absolute atomic E-state index is 0.00568. The fourth-order valence-electron chi connectivity index (χ4n) is 2.30. The van der Waals surface area contributed by atoms with Crippen molar-refractivity contribution in [1.82, 2.24) is 5.43 Å². The molecule has 28 heavy (non-hydrogen) atoms. The number of nitrogens with zero attached hydrogens (tertiary/aromatic N) is 1. The van der Waals surface area contributed by atoms with Gasteiger partial charge in [-0.2, -0.15) is 5.10 Å². The van der Waals surface area contributed by atoms with E-state index >= 15 is 0 Å². The highest BCUT2D eigenvalue weighted by Crippen LogP contribution is 2.34. The maximum atomic E-state index is 12.0. The van der Waals surface area contributed by atoms with Gasteiger partial charge in [0.1, 0.15) is 5.75 Å². The van der Waals surface area contributed by atoms with Crippen molar-refractivity contribution in [3.63, 3.8) is 0 Å². The number of hydrogen-bond donors (Lipinski definition) is 3. The van der Waals surface area contributed by atoms with Crippen LogP contribution in [0.5, 0.6) is 17.2 Å². The fraction of sp³-hybridized carbons (Fsp3) is 0.211. The molecule has 0 bridgehead atoms. The van der Waals surface area contributed by atoms with Gasteiger partial charge in [-0.1, -0.05) is 12.1 Å². The Labute approximate surface area is 170 Å². The Bertz CT molecular complexity index is 863. The van der Waals surface area contributed by atoms with Crippen molar-refractivity contribution in [2.24, 2.45) is 5.10 Å². The second-order valence-corrected chi connectivity index (χ2v) is 6.45. The van der Waals surface area contributed by atoms with Crippen LogP contribution >= 0.6 is 15.9 Å². The van der Waals surface area contributed by atoms with Crippen LogP contribution in [0.3, 0.4) is 0 Å². The Morgan fingerprint density at radius 2 is 1.86 bits per heavy atom.